The molecule has 0 fully saturated rings. The van der Waals surface area contributed by atoms with Gasteiger partial charge in [0.15, 0.2) is 6.04 Å². The fourth-order valence-electron chi connectivity index (χ4n) is 1.26. The van der Waals surface area contributed by atoms with E-state index in [1.165, 1.54) is 7.11 Å². The first-order valence-electron chi connectivity index (χ1n) is 4.87. The van der Waals surface area contributed by atoms with E-state index >= 15 is 0 Å². The number of amides is 1. The van der Waals surface area contributed by atoms with Gasteiger partial charge in [-0.15, -0.1) is 0 Å². The molecule has 0 saturated carbocycles. The van der Waals surface area contributed by atoms with Crippen LogP contribution in [0.25, 0.3) is 0 Å². The van der Waals surface area contributed by atoms with Crippen LogP contribution in [0.2, 0.25) is 0 Å². The summed E-state index contributed by atoms with van der Waals surface area (Å²) in [5, 5.41) is 2.17. The quantitative estimate of drug-likeness (QED) is 0.677. The van der Waals surface area contributed by atoms with Crippen LogP contribution in [0.4, 0.5) is 4.39 Å². The summed E-state index contributed by atoms with van der Waals surface area (Å²) >= 11 is 8.23. The molecule has 0 bridgehead atoms. The summed E-state index contributed by atoms with van der Waals surface area (Å²) in [6.07, 6.45) is 0. The molecule has 7 heteroatoms. The third kappa shape index (κ3) is 3.96. The SMILES string of the molecule is COC(=O)C(NC(=O)C(F)Cl)c1ccc(Br)cc1. The van der Waals surface area contributed by atoms with Crippen molar-refractivity contribution >= 4 is 39.4 Å². The van der Waals surface area contributed by atoms with Crippen molar-refractivity contribution in [2.24, 2.45) is 0 Å². The van der Waals surface area contributed by atoms with Gasteiger partial charge in [0.2, 0.25) is 0 Å². The molecular formula is C11H10BrClFNO3. The molecule has 0 aromatic heterocycles. The zero-order valence-corrected chi connectivity index (χ0v) is 11.7. The van der Waals surface area contributed by atoms with Crippen molar-refractivity contribution in [2.45, 2.75) is 11.7 Å². The number of alkyl halides is 2. The number of ether oxygens (including phenoxy) is 1. The van der Waals surface area contributed by atoms with Crippen LogP contribution >= 0.6 is 27.5 Å². The molecule has 0 saturated heterocycles. The summed E-state index contributed by atoms with van der Waals surface area (Å²) in [7, 11) is 1.17. The maximum Gasteiger partial charge on any atom is 0.333 e. The van der Waals surface area contributed by atoms with E-state index in [-0.39, 0.29) is 0 Å². The van der Waals surface area contributed by atoms with Crippen LogP contribution in [0.15, 0.2) is 28.7 Å². The van der Waals surface area contributed by atoms with Gasteiger partial charge in [-0.1, -0.05) is 39.7 Å². The fourth-order valence-corrected chi connectivity index (χ4v) is 1.58. The second-order valence-electron chi connectivity index (χ2n) is 3.32. The summed E-state index contributed by atoms with van der Waals surface area (Å²) in [6, 6.07) is 5.49. The van der Waals surface area contributed by atoms with Crippen molar-refractivity contribution in [1.82, 2.24) is 5.32 Å². The molecular weight excluding hydrogens is 328 g/mol. The average Bonchev–Trinajstić information content (AvgIpc) is 2.35. The molecule has 1 N–H and O–H groups in total. The predicted molar refractivity (Wildman–Crippen MR) is 67.8 cm³/mol. The van der Waals surface area contributed by atoms with Gasteiger partial charge in [-0.3, -0.25) is 4.79 Å². The van der Waals surface area contributed by atoms with Crippen LogP contribution in [-0.4, -0.2) is 24.6 Å². The maximum atomic E-state index is 12.6. The van der Waals surface area contributed by atoms with Crippen LogP contribution in [-0.2, 0) is 14.3 Å². The lowest BCUT2D eigenvalue weighted by atomic mass is 10.1. The number of hydrogen-bond acceptors (Lipinski definition) is 3. The topological polar surface area (TPSA) is 55.4 Å². The van der Waals surface area contributed by atoms with Crippen LogP contribution in [0.5, 0.6) is 0 Å². The van der Waals surface area contributed by atoms with Gasteiger partial charge in [0.25, 0.3) is 11.5 Å². The van der Waals surface area contributed by atoms with Gasteiger partial charge in [0, 0.05) is 4.47 Å². The van der Waals surface area contributed by atoms with Gasteiger partial charge in [0.05, 0.1) is 7.11 Å². The molecule has 0 aliphatic carbocycles. The molecule has 4 nitrogen and oxygen atoms in total. The van der Waals surface area contributed by atoms with E-state index in [0.717, 1.165) is 4.47 Å². The number of rotatable bonds is 4. The molecule has 0 aliphatic heterocycles. The molecule has 18 heavy (non-hydrogen) atoms. The summed E-state index contributed by atoms with van der Waals surface area (Å²) in [5.41, 5.74) is -1.75. The molecule has 2 atom stereocenters. The largest absolute Gasteiger partial charge is 0.467 e. The molecule has 0 aliphatic rings. The summed E-state index contributed by atoms with van der Waals surface area (Å²) in [6.45, 7) is 0. The van der Waals surface area contributed by atoms with Crippen LogP contribution < -0.4 is 5.32 Å². The Morgan fingerprint density at radius 1 is 1.39 bits per heavy atom. The highest BCUT2D eigenvalue weighted by Crippen LogP contribution is 2.18. The highest BCUT2D eigenvalue weighted by Gasteiger charge is 2.26. The smallest absolute Gasteiger partial charge is 0.333 e. The van der Waals surface area contributed by atoms with Gasteiger partial charge in [-0.25, -0.2) is 9.18 Å². The van der Waals surface area contributed by atoms with Crippen molar-refractivity contribution in [3.8, 4) is 0 Å². The third-order valence-electron chi connectivity index (χ3n) is 2.13. The van der Waals surface area contributed by atoms with Crippen molar-refractivity contribution < 1.29 is 18.7 Å². The van der Waals surface area contributed by atoms with Crippen molar-refractivity contribution in [1.29, 1.82) is 0 Å². The number of halogens is 3. The van der Waals surface area contributed by atoms with E-state index in [1.54, 1.807) is 24.3 Å². The van der Waals surface area contributed by atoms with Crippen molar-refractivity contribution in [3.63, 3.8) is 0 Å². The Bertz CT molecular complexity index is 438. The second-order valence-corrected chi connectivity index (χ2v) is 4.62. The Balaban J connectivity index is 2.95. The summed E-state index contributed by atoms with van der Waals surface area (Å²) < 4.78 is 18.0. The van der Waals surface area contributed by atoms with Crippen molar-refractivity contribution in [3.05, 3.63) is 34.3 Å². The first kappa shape index (κ1) is 14.9. The average molecular weight is 339 g/mol. The molecule has 0 radical (unpaired) electrons. The van der Waals surface area contributed by atoms with Gasteiger partial charge < -0.3 is 10.1 Å². The van der Waals surface area contributed by atoms with Gasteiger partial charge in [-0.05, 0) is 17.7 Å². The van der Waals surface area contributed by atoms with Crippen LogP contribution in [0.3, 0.4) is 0 Å². The molecule has 1 aromatic rings. The number of methoxy groups -OCH3 is 1. The highest BCUT2D eigenvalue weighted by molar-refractivity contribution is 9.10. The monoisotopic (exact) mass is 337 g/mol. The van der Waals surface area contributed by atoms with E-state index in [2.05, 4.69) is 26.0 Å². The second kappa shape index (κ2) is 6.70. The minimum atomic E-state index is -2.22. The lowest BCUT2D eigenvalue weighted by Gasteiger charge is -2.16. The number of esters is 1. The van der Waals surface area contributed by atoms with Crippen molar-refractivity contribution in [2.75, 3.05) is 7.11 Å². The Kier molecular flexibility index (Phi) is 5.55. The molecule has 0 heterocycles. The van der Waals surface area contributed by atoms with Crippen LogP contribution in [0, 0.1) is 0 Å². The molecule has 1 aromatic carbocycles. The first-order valence-corrected chi connectivity index (χ1v) is 6.10. The van der Waals surface area contributed by atoms with E-state index in [0.29, 0.717) is 5.56 Å². The number of nitrogens with one attached hydrogen (secondary N) is 1. The maximum absolute atomic E-state index is 12.6. The predicted octanol–water partition coefficient (Wildman–Crippen LogP) is 2.31. The lowest BCUT2D eigenvalue weighted by Crippen LogP contribution is -2.37. The number of carbonyl (C=O) groups excluding carboxylic acids is 2. The third-order valence-corrected chi connectivity index (χ3v) is 2.85. The number of benzene rings is 1. The van der Waals surface area contributed by atoms with E-state index in [4.69, 9.17) is 11.6 Å². The molecule has 0 spiro atoms. The lowest BCUT2D eigenvalue weighted by molar-refractivity contribution is -0.145. The fraction of sp³-hybridized carbons (Fsp3) is 0.273. The Morgan fingerprint density at radius 2 is 1.94 bits per heavy atom. The molecule has 2 unspecified atom stereocenters. The Hall–Kier alpha value is -1.14. The summed E-state index contributed by atoms with van der Waals surface area (Å²) in [5.74, 6) is -1.79. The van der Waals surface area contributed by atoms with Gasteiger partial charge >= 0.3 is 5.97 Å². The Labute approximate surface area is 117 Å². The Morgan fingerprint density at radius 3 is 2.39 bits per heavy atom. The van der Waals surface area contributed by atoms with Gasteiger partial charge in [0.1, 0.15) is 0 Å². The minimum absolute atomic E-state index is 0.468. The standard InChI is InChI=1S/C11H10BrClFNO3/c1-18-11(17)8(15-10(16)9(13)14)6-2-4-7(12)5-3-6/h2-5,8-9H,1H3,(H,15,16). The van der Waals surface area contributed by atoms with Gasteiger partial charge in [-0.2, -0.15) is 0 Å². The summed E-state index contributed by atoms with van der Waals surface area (Å²) in [4.78, 5) is 22.7. The molecule has 1 amide bonds. The highest BCUT2D eigenvalue weighted by atomic mass is 79.9. The number of carbonyl (C=O) groups is 2. The zero-order chi connectivity index (χ0) is 13.7. The van der Waals surface area contributed by atoms with E-state index in [1.807, 2.05) is 0 Å². The normalized spacial score (nSPS) is 13.6. The first-order chi connectivity index (χ1) is 8.45. The molecule has 98 valence electrons. The zero-order valence-electron chi connectivity index (χ0n) is 9.32. The molecule has 1 rings (SSSR count). The number of hydrogen-bond donors (Lipinski definition) is 1. The van der Waals surface area contributed by atoms with Crippen LogP contribution in [0.1, 0.15) is 11.6 Å². The van der Waals surface area contributed by atoms with E-state index in [9.17, 15) is 14.0 Å². The van der Waals surface area contributed by atoms with E-state index < -0.39 is 23.5 Å². The minimum Gasteiger partial charge on any atom is -0.467 e.